The average molecular weight is 276 g/mol. The molecular formula is C19H16O2. The monoisotopic (exact) mass is 276 g/mol. The van der Waals surface area contributed by atoms with E-state index in [9.17, 15) is 4.79 Å². The quantitative estimate of drug-likeness (QED) is 0.395. The number of hydrogen-bond donors (Lipinski definition) is 0. The fraction of sp³-hybridized carbons (Fsp3) is 0.105. The van der Waals surface area contributed by atoms with Crippen LogP contribution in [0.4, 0.5) is 0 Å². The molecule has 0 radical (unpaired) electrons. The fourth-order valence-corrected chi connectivity index (χ4v) is 2.59. The number of benzene rings is 3. The van der Waals surface area contributed by atoms with E-state index in [1.54, 1.807) is 6.08 Å². The molecule has 0 aliphatic carbocycles. The van der Waals surface area contributed by atoms with Crippen LogP contribution in [0.15, 0.2) is 67.3 Å². The van der Waals surface area contributed by atoms with E-state index in [4.69, 9.17) is 4.74 Å². The number of rotatable bonds is 4. The van der Waals surface area contributed by atoms with E-state index in [0.717, 1.165) is 16.3 Å². The summed E-state index contributed by atoms with van der Waals surface area (Å²) in [5.41, 5.74) is 1.03. The summed E-state index contributed by atoms with van der Waals surface area (Å²) < 4.78 is 5.32. The zero-order chi connectivity index (χ0) is 14.7. The number of carbonyl (C=O) groups is 1. The number of hydrogen-bond acceptors (Lipinski definition) is 2. The average Bonchev–Trinajstić information content (AvgIpc) is 2.53. The minimum atomic E-state index is -0.248. The molecule has 2 nitrogen and oxygen atoms in total. The van der Waals surface area contributed by atoms with Gasteiger partial charge < -0.3 is 4.74 Å². The Morgan fingerprint density at radius 2 is 1.67 bits per heavy atom. The van der Waals surface area contributed by atoms with Gasteiger partial charge in [0.05, 0.1) is 6.42 Å². The number of ether oxygens (including phenoxy) is 1. The number of esters is 1. The molecule has 3 aromatic rings. The Bertz CT molecular complexity index is 818. The third-order valence-corrected chi connectivity index (χ3v) is 3.55. The molecular weight excluding hydrogens is 260 g/mol. The van der Waals surface area contributed by atoms with Crippen molar-refractivity contribution in [2.75, 3.05) is 0 Å². The molecule has 0 spiro atoms. The van der Waals surface area contributed by atoms with Gasteiger partial charge in [-0.2, -0.15) is 0 Å². The second-order valence-electron chi connectivity index (χ2n) is 4.96. The van der Waals surface area contributed by atoms with Crippen LogP contribution in [-0.2, 0) is 16.1 Å². The number of carbonyl (C=O) groups excluding carboxylic acids is 1. The highest BCUT2D eigenvalue weighted by molar-refractivity contribution is 6.08. The lowest BCUT2D eigenvalue weighted by Gasteiger charge is -2.11. The molecule has 0 saturated carbocycles. The molecule has 2 heteroatoms. The Kier molecular flexibility index (Phi) is 3.69. The third kappa shape index (κ3) is 2.65. The third-order valence-electron chi connectivity index (χ3n) is 3.55. The molecule has 0 N–H and O–H groups in total. The van der Waals surface area contributed by atoms with Gasteiger partial charge in [-0.1, -0.05) is 54.6 Å². The molecule has 0 unspecified atom stereocenters. The molecule has 0 bridgehead atoms. The summed E-state index contributed by atoms with van der Waals surface area (Å²) in [6.45, 7) is 3.84. The van der Waals surface area contributed by atoms with Crippen LogP contribution in [-0.4, -0.2) is 5.97 Å². The highest BCUT2D eigenvalue weighted by Crippen LogP contribution is 2.29. The van der Waals surface area contributed by atoms with Crippen LogP contribution < -0.4 is 0 Å². The minimum absolute atomic E-state index is 0.242. The molecule has 0 amide bonds. The van der Waals surface area contributed by atoms with E-state index in [2.05, 4.69) is 36.9 Å². The van der Waals surface area contributed by atoms with E-state index >= 15 is 0 Å². The summed E-state index contributed by atoms with van der Waals surface area (Å²) in [4.78, 5) is 11.5. The van der Waals surface area contributed by atoms with Gasteiger partial charge in [0.2, 0.25) is 0 Å². The maximum absolute atomic E-state index is 11.5. The highest BCUT2D eigenvalue weighted by Gasteiger charge is 2.08. The first kappa shape index (κ1) is 13.4. The van der Waals surface area contributed by atoms with Crippen molar-refractivity contribution in [2.24, 2.45) is 0 Å². The van der Waals surface area contributed by atoms with Gasteiger partial charge in [0.25, 0.3) is 0 Å². The largest absolute Gasteiger partial charge is 0.461 e. The topological polar surface area (TPSA) is 26.3 Å². The van der Waals surface area contributed by atoms with Crippen LogP contribution in [0.25, 0.3) is 21.5 Å². The van der Waals surface area contributed by atoms with Crippen molar-refractivity contribution in [3.05, 3.63) is 72.8 Å². The zero-order valence-electron chi connectivity index (χ0n) is 11.7. The van der Waals surface area contributed by atoms with Crippen molar-refractivity contribution in [2.45, 2.75) is 13.0 Å². The van der Waals surface area contributed by atoms with Gasteiger partial charge in [0, 0.05) is 0 Å². The maximum atomic E-state index is 11.5. The first-order chi connectivity index (χ1) is 10.3. The van der Waals surface area contributed by atoms with Gasteiger partial charge in [0.15, 0.2) is 0 Å². The second-order valence-corrected chi connectivity index (χ2v) is 4.96. The smallest absolute Gasteiger partial charge is 0.309 e. The molecule has 0 aliphatic heterocycles. The van der Waals surface area contributed by atoms with Gasteiger partial charge in [-0.3, -0.25) is 4.79 Å². The van der Waals surface area contributed by atoms with E-state index < -0.39 is 0 Å². The SMILES string of the molecule is C=CCC(=O)OCc1cc2ccccc2c2ccccc12. The Morgan fingerprint density at radius 1 is 1.00 bits per heavy atom. The maximum Gasteiger partial charge on any atom is 0.309 e. The van der Waals surface area contributed by atoms with Crippen molar-refractivity contribution >= 4 is 27.5 Å². The van der Waals surface area contributed by atoms with Crippen LogP contribution in [0.3, 0.4) is 0 Å². The summed E-state index contributed by atoms with van der Waals surface area (Å²) in [5, 5.41) is 4.69. The molecule has 3 aromatic carbocycles. The van der Waals surface area contributed by atoms with Crippen molar-refractivity contribution in [3.63, 3.8) is 0 Å². The molecule has 0 heterocycles. The van der Waals surface area contributed by atoms with E-state index in [1.165, 1.54) is 10.8 Å². The van der Waals surface area contributed by atoms with Crippen LogP contribution in [0.1, 0.15) is 12.0 Å². The van der Waals surface area contributed by atoms with E-state index in [0.29, 0.717) is 0 Å². The lowest BCUT2D eigenvalue weighted by molar-refractivity contribution is -0.143. The van der Waals surface area contributed by atoms with Crippen LogP contribution >= 0.6 is 0 Å². The predicted octanol–water partition coefficient (Wildman–Crippen LogP) is 4.61. The Balaban J connectivity index is 2.07. The van der Waals surface area contributed by atoms with Crippen LogP contribution in [0.2, 0.25) is 0 Å². The van der Waals surface area contributed by atoms with Crippen molar-refractivity contribution in [1.29, 1.82) is 0 Å². The fourth-order valence-electron chi connectivity index (χ4n) is 2.59. The summed E-state index contributed by atoms with van der Waals surface area (Å²) >= 11 is 0. The molecule has 0 saturated heterocycles. The van der Waals surface area contributed by atoms with Gasteiger partial charge in [-0.25, -0.2) is 0 Å². The summed E-state index contributed by atoms with van der Waals surface area (Å²) in [7, 11) is 0. The number of fused-ring (bicyclic) bond motifs is 3. The van der Waals surface area contributed by atoms with Gasteiger partial charge in [-0.05, 0) is 33.2 Å². The highest BCUT2D eigenvalue weighted by atomic mass is 16.5. The molecule has 104 valence electrons. The van der Waals surface area contributed by atoms with Crippen molar-refractivity contribution < 1.29 is 9.53 Å². The normalized spacial score (nSPS) is 10.7. The van der Waals surface area contributed by atoms with Gasteiger partial charge in [0.1, 0.15) is 6.61 Å². The minimum Gasteiger partial charge on any atom is -0.461 e. The summed E-state index contributed by atoms with van der Waals surface area (Å²) in [5.74, 6) is -0.248. The summed E-state index contributed by atoms with van der Waals surface area (Å²) in [6, 6.07) is 18.6. The van der Waals surface area contributed by atoms with Gasteiger partial charge in [-0.15, -0.1) is 6.58 Å². The van der Waals surface area contributed by atoms with Crippen LogP contribution in [0, 0.1) is 0 Å². The van der Waals surface area contributed by atoms with Crippen LogP contribution in [0.5, 0.6) is 0 Å². The standard InChI is InChI=1S/C19H16O2/c1-2-7-19(20)21-13-15-12-14-8-3-4-9-16(14)18-11-6-5-10-17(15)18/h2-6,8-12H,1,7,13H2. The van der Waals surface area contributed by atoms with Gasteiger partial charge >= 0.3 is 5.97 Å². The molecule has 0 fully saturated rings. The first-order valence-electron chi connectivity index (χ1n) is 6.95. The predicted molar refractivity (Wildman–Crippen MR) is 86.1 cm³/mol. The molecule has 0 aliphatic rings. The van der Waals surface area contributed by atoms with Crippen molar-refractivity contribution in [3.8, 4) is 0 Å². The first-order valence-corrected chi connectivity index (χ1v) is 6.95. The Labute approximate surface area is 123 Å². The lowest BCUT2D eigenvalue weighted by atomic mass is 9.98. The molecule has 3 rings (SSSR count). The van der Waals surface area contributed by atoms with E-state index in [-0.39, 0.29) is 19.0 Å². The molecule has 21 heavy (non-hydrogen) atoms. The Hall–Kier alpha value is -2.61. The summed E-state index contributed by atoms with van der Waals surface area (Å²) in [6.07, 6.45) is 1.80. The Morgan fingerprint density at radius 3 is 2.43 bits per heavy atom. The molecule has 0 aromatic heterocycles. The van der Waals surface area contributed by atoms with E-state index in [1.807, 2.05) is 24.3 Å². The lowest BCUT2D eigenvalue weighted by Crippen LogP contribution is -2.03. The zero-order valence-corrected chi connectivity index (χ0v) is 11.7. The molecule has 0 atom stereocenters. The second kappa shape index (κ2) is 5.80. The van der Waals surface area contributed by atoms with Crippen molar-refractivity contribution in [1.82, 2.24) is 0 Å².